The third-order valence-corrected chi connectivity index (χ3v) is 4.24. The first-order valence-corrected chi connectivity index (χ1v) is 9.61. The molecule has 4 nitrogen and oxygen atoms in total. The van der Waals surface area contributed by atoms with Gasteiger partial charge in [0.05, 0.1) is 5.66 Å². The lowest BCUT2D eigenvalue weighted by Crippen LogP contribution is -2.49. The molecule has 0 aliphatic rings. The average Bonchev–Trinajstić information content (AvgIpc) is 2.49. The normalized spacial score (nSPS) is 12.0. The second-order valence-electron chi connectivity index (χ2n) is 6.62. The summed E-state index contributed by atoms with van der Waals surface area (Å²) in [7, 11) is 0. The number of hydrogen-bond acceptors (Lipinski definition) is 4. The molecule has 0 aliphatic heterocycles. The molecule has 0 radical (unpaired) electrons. The quantitative estimate of drug-likeness (QED) is 0.246. The van der Waals surface area contributed by atoms with E-state index in [0.717, 1.165) is 38.9 Å². The third-order valence-electron chi connectivity index (χ3n) is 4.24. The summed E-state index contributed by atoms with van der Waals surface area (Å²) in [6.07, 6.45) is 13.6. The highest BCUT2D eigenvalue weighted by molar-refractivity contribution is 4.76. The van der Waals surface area contributed by atoms with Gasteiger partial charge < -0.3 is 22.1 Å². The SMILES string of the molecule is CCNCCCCCCCCCCC(N)(N)CCCNCC. The minimum atomic E-state index is -0.457. The fourth-order valence-corrected chi connectivity index (χ4v) is 2.79. The minimum Gasteiger partial charge on any atom is -0.317 e. The van der Waals surface area contributed by atoms with Crippen molar-refractivity contribution in [1.29, 1.82) is 0 Å². The van der Waals surface area contributed by atoms with Crippen LogP contribution in [-0.4, -0.2) is 31.8 Å². The van der Waals surface area contributed by atoms with Crippen LogP contribution in [0.15, 0.2) is 0 Å². The van der Waals surface area contributed by atoms with Crippen LogP contribution in [0.5, 0.6) is 0 Å². The Kier molecular flexibility index (Phi) is 15.6. The molecule has 0 atom stereocenters. The van der Waals surface area contributed by atoms with Gasteiger partial charge >= 0.3 is 0 Å². The maximum atomic E-state index is 6.16. The molecule has 0 aromatic rings. The summed E-state index contributed by atoms with van der Waals surface area (Å²) < 4.78 is 0. The van der Waals surface area contributed by atoms with Crippen molar-refractivity contribution < 1.29 is 0 Å². The molecule has 6 N–H and O–H groups in total. The highest BCUT2D eigenvalue weighted by Gasteiger charge is 2.17. The monoisotopic (exact) mass is 314 g/mol. The van der Waals surface area contributed by atoms with Crippen LogP contribution in [-0.2, 0) is 0 Å². The molecule has 0 heterocycles. The van der Waals surface area contributed by atoms with Crippen LogP contribution in [0.2, 0.25) is 0 Å². The fourth-order valence-electron chi connectivity index (χ4n) is 2.79. The lowest BCUT2D eigenvalue weighted by molar-refractivity contribution is 0.349. The van der Waals surface area contributed by atoms with Gasteiger partial charge in [0.1, 0.15) is 0 Å². The van der Waals surface area contributed by atoms with E-state index in [1.54, 1.807) is 0 Å². The van der Waals surface area contributed by atoms with E-state index in [9.17, 15) is 0 Å². The van der Waals surface area contributed by atoms with E-state index >= 15 is 0 Å². The number of rotatable bonds is 17. The first-order chi connectivity index (χ1) is 10.6. The molecule has 0 aromatic carbocycles. The topological polar surface area (TPSA) is 76.1 Å². The summed E-state index contributed by atoms with van der Waals surface area (Å²) in [5, 5.41) is 6.69. The Labute approximate surface area is 139 Å². The molecule has 0 rings (SSSR count). The highest BCUT2D eigenvalue weighted by Crippen LogP contribution is 2.15. The second-order valence-corrected chi connectivity index (χ2v) is 6.62. The molecule has 4 heteroatoms. The van der Waals surface area contributed by atoms with E-state index in [1.807, 2.05) is 0 Å². The van der Waals surface area contributed by atoms with Gasteiger partial charge in [0.15, 0.2) is 0 Å². The summed E-state index contributed by atoms with van der Waals surface area (Å²) in [4.78, 5) is 0. The molecule has 0 saturated heterocycles. The number of unbranched alkanes of at least 4 members (excludes halogenated alkanes) is 7. The van der Waals surface area contributed by atoms with Crippen LogP contribution in [0.1, 0.15) is 84.5 Å². The number of hydrogen-bond donors (Lipinski definition) is 4. The average molecular weight is 315 g/mol. The summed E-state index contributed by atoms with van der Waals surface area (Å²) in [5.41, 5.74) is 11.9. The zero-order valence-corrected chi connectivity index (χ0v) is 15.3. The van der Waals surface area contributed by atoms with Crippen LogP contribution < -0.4 is 22.1 Å². The van der Waals surface area contributed by atoms with Gasteiger partial charge in [0, 0.05) is 0 Å². The summed E-state index contributed by atoms with van der Waals surface area (Å²) >= 11 is 0. The predicted octanol–water partition coefficient (Wildman–Crippen LogP) is 3.11. The maximum absolute atomic E-state index is 6.16. The maximum Gasteiger partial charge on any atom is 0.0637 e. The van der Waals surface area contributed by atoms with Crippen molar-refractivity contribution in [2.45, 2.75) is 90.1 Å². The van der Waals surface area contributed by atoms with E-state index in [0.29, 0.717) is 0 Å². The lowest BCUT2D eigenvalue weighted by atomic mass is 9.97. The molecule has 0 aliphatic carbocycles. The molecule has 0 saturated carbocycles. The molecular weight excluding hydrogens is 272 g/mol. The van der Waals surface area contributed by atoms with Gasteiger partial charge in [-0.2, -0.15) is 0 Å². The Morgan fingerprint density at radius 2 is 1.00 bits per heavy atom. The second kappa shape index (κ2) is 15.7. The molecule has 0 fully saturated rings. The van der Waals surface area contributed by atoms with Crippen LogP contribution in [0, 0.1) is 0 Å². The smallest absolute Gasteiger partial charge is 0.0637 e. The van der Waals surface area contributed by atoms with Gasteiger partial charge in [0.25, 0.3) is 0 Å². The molecule has 22 heavy (non-hydrogen) atoms. The van der Waals surface area contributed by atoms with Gasteiger partial charge in [-0.15, -0.1) is 0 Å². The van der Waals surface area contributed by atoms with Crippen LogP contribution >= 0.6 is 0 Å². The largest absolute Gasteiger partial charge is 0.317 e. The minimum absolute atomic E-state index is 0.457. The van der Waals surface area contributed by atoms with Crippen molar-refractivity contribution in [2.75, 3.05) is 26.2 Å². The van der Waals surface area contributed by atoms with E-state index in [4.69, 9.17) is 11.5 Å². The Balaban J connectivity index is 3.26. The Bertz CT molecular complexity index is 219. The van der Waals surface area contributed by atoms with E-state index in [2.05, 4.69) is 24.5 Å². The zero-order chi connectivity index (χ0) is 16.5. The molecule has 0 bridgehead atoms. The molecular formula is C18H42N4. The first kappa shape index (κ1) is 21.8. The van der Waals surface area contributed by atoms with Gasteiger partial charge in [-0.05, 0) is 51.9 Å². The van der Waals surface area contributed by atoms with Gasteiger partial charge in [-0.3, -0.25) is 0 Å². The summed E-state index contributed by atoms with van der Waals surface area (Å²) in [6.45, 7) is 8.62. The summed E-state index contributed by atoms with van der Waals surface area (Å²) in [6, 6.07) is 0. The molecule has 0 amide bonds. The van der Waals surface area contributed by atoms with Gasteiger partial charge in [-0.25, -0.2) is 0 Å². The Morgan fingerprint density at radius 3 is 1.55 bits per heavy atom. The van der Waals surface area contributed by atoms with Crippen molar-refractivity contribution in [1.82, 2.24) is 10.6 Å². The van der Waals surface area contributed by atoms with Crippen LogP contribution in [0.4, 0.5) is 0 Å². The Morgan fingerprint density at radius 1 is 0.591 bits per heavy atom. The zero-order valence-electron chi connectivity index (χ0n) is 15.3. The first-order valence-electron chi connectivity index (χ1n) is 9.61. The van der Waals surface area contributed by atoms with E-state index in [-0.39, 0.29) is 0 Å². The van der Waals surface area contributed by atoms with E-state index < -0.39 is 5.66 Å². The lowest BCUT2D eigenvalue weighted by Gasteiger charge is -2.24. The van der Waals surface area contributed by atoms with Crippen molar-refractivity contribution in [3.05, 3.63) is 0 Å². The van der Waals surface area contributed by atoms with Crippen LogP contribution in [0.3, 0.4) is 0 Å². The Hall–Kier alpha value is -0.160. The van der Waals surface area contributed by atoms with Crippen molar-refractivity contribution in [3.8, 4) is 0 Å². The van der Waals surface area contributed by atoms with Crippen molar-refractivity contribution in [2.24, 2.45) is 11.5 Å². The van der Waals surface area contributed by atoms with Crippen molar-refractivity contribution >= 4 is 0 Å². The van der Waals surface area contributed by atoms with Gasteiger partial charge in [-0.1, -0.05) is 58.8 Å². The summed E-state index contributed by atoms with van der Waals surface area (Å²) in [5.74, 6) is 0. The highest BCUT2D eigenvalue weighted by atomic mass is 14.9. The fraction of sp³-hybridized carbons (Fsp3) is 1.00. The standard InChI is InChI=1S/C18H42N4/c1-3-21-16-12-10-8-6-5-7-9-11-14-18(19,20)15-13-17-22-4-2/h21-22H,3-17,19-20H2,1-2H3. The molecule has 0 unspecified atom stereocenters. The van der Waals surface area contributed by atoms with Gasteiger partial charge in [0.2, 0.25) is 0 Å². The molecule has 0 aromatic heterocycles. The molecule has 0 spiro atoms. The van der Waals surface area contributed by atoms with E-state index in [1.165, 1.54) is 57.9 Å². The third kappa shape index (κ3) is 16.2. The number of nitrogens with one attached hydrogen (secondary N) is 2. The number of nitrogens with two attached hydrogens (primary N) is 2. The van der Waals surface area contributed by atoms with Crippen LogP contribution in [0.25, 0.3) is 0 Å². The predicted molar refractivity (Wildman–Crippen MR) is 99.0 cm³/mol. The van der Waals surface area contributed by atoms with Crippen molar-refractivity contribution in [3.63, 3.8) is 0 Å². The molecule has 134 valence electrons.